The number of carbonyl (C=O) groups excluding carboxylic acids is 4. The van der Waals surface area contributed by atoms with E-state index in [4.69, 9.17) is 10.5 Å². The van der Waals surface area contributed by atoms with Gasteiger partial charge in [0, 0.05) is 0 Å². The van der Waals surface area contributed by atoms with Gasteiger partial charge in [0.05, 0.1) is 18.4 Å². The van der Waals surface area contributed by atoms with Crippen molar-refractivity contribution in [2.24, 2.45) is 5.73 Å². The molecular formula is C15H18N3O6-. The van der Waals surface area contributed by atoms with Crippen LogP contribution in [0.4, 0.5) is 4.79 Å². The average Bonchev–Trinajstić information content (AvgIpc) is 2.52. The van der Waals surface area contributed by atoms with Crippen molar-refractivity contribution >= 4 is 23.9 Å². The second-order valence-electron chi connectivity index (χ2n) is 4.98. The quantitative estimate of drug-likeness (QED) is 0.521. The summed E-state index contributed by atoms with van der Waals surface area (Å²) >= 11 is 0. The van der Waals surface area contributed by atoms with Crippen molar-refractivity contribution in [2.75, 3.05) is 0 Å². The zero-order chi connectivity index (χ0) is 18.1. The maximum atomic E-state index is 11.8. The van der Waals surface area contributed by atoms with E-state index in [1.165, 1.54) is 6.92 Å². The minimum absolute atomic E-state index is 0.0182. The largest absolute Gasteiger partial charge is 0.548 e. The number of hydrogen-bond acceptors (Lipinski definition) is 6. The van der Waals surface area contributed by atoms with Crippen LogP contribution in [0.3, 0.4) is 0 Å². The number of amides is 3. The molecule has 0 aliphatic rings. The van der Waals surface area contributed by atoms with E-state index in [1.54, 1.807) is 24.3 Å². The summed E-state index contributed by atoms with van der Waals surface area (Å²) < 4.78 is 4.93. The molecule has 0 saturated heterocycles. The van der Waals surface area contributed by atoms with Crippen molar-refractivity contribution < 1.29 is 29.0 Å². The molecule has 2 atom stereocenters. The zero-order valence-corrected chi connectivity index (χ0v) is 13.0. The minimum Gasteiger partial charge on any atom is -0.548 e. The number of carboxylic acid groups (broad SMARTS) is 1. The first-order valence-corrected chi connectivity index (χ1v) is 7.06. The maximum Gasteiger partial charge on any atom is 0.408 e. The molecule has 0 unspecified atom stereocenters. The lowest BCUT2D eigenvalue weighted by atomic mass is 10.2. The van der Waals surface area contributed by atoms with Gasteiger partial charge in [0.1, 0.15) is 12.6 Å². The molecule has 0 aliphatic heterocycles. The molecule has 0 spiro atoms. The van der Waals surface area contributed by atoms with Crippen molar-refractivity contribution in [1.29, 1.82) is 0 Å². The number of rotatable bonds is 8. The predicted molar refractivity (Wildman–Crippen MR) is 80.0 cm³/mol. The molecule has 0 fully saturated rings. The number of ether oxygens (including phenoxy) is 1. The lowest BCUT2D eigenvalue weighted by Gasteiger charge is -2.21. The number of carboxylic acids is 1. The lowest BCUT2D eigenvalue weighted by Crippen LogP contribution is -2.54. The van der Waals surface area contributed by atoms with Crippen LogP contribution in [0.15, 0.2) is 30.3 Å². The van der Waals surface area contributed by atoms with Crippen molar-refractivity contribution in [2.45, 2.75) is 32.0 Å². The second kappa shape index (κ2) is 9.13. The summed E-state index contributed by atoms with van der Waals surface area (Å²) in [6.45, 7) is 1.35. The molecule has 1 aromatic rings. The fraction of sp³-hybridized carbons (Fsp3) is 0.333. The van der Waals surface area contributed by atoms with Crippen LogP contribution in [0.25, 0.3) is 0 Å². The van der Waals surface area contributed by atoms with Gasteiger partial charge in [-0.1, -0.05) is 30.3 Å². The number of nitrogens with two attached hydrogens (primary N) is 1. The summed E-state index contributed by atoms with van der Waals surface area (Å²) in [4.78, 5) is 45.0. The normalized spacial score (nSPS) is 12.5. The van der Waals surface area contributed by atoms with Crippen LogP contribution in [0.5, 0.6) is 0 Å². The van der Waals surface area contributed by atoms with Crippen LogP contribution in [-0.4, -0.2) is 36.0 Å². The van der Waals surface area contributed by atoms with Gasteiger partial charge in [-0.3, -0.25) is 9.59 Å². The van der Waals surface area contributed by atoms with E-state index in [0.29, 0.717) is 0 Å². The lowest BCUT2D eigenvalue weighted by molar-refractivity contribution is -0.308. The molecular weight excluding hydrogens is 318 g/mol. The van der Waals surface area contributed by atoms with E-state index < -0.39 is 42.4 Å². The topological polar surface area (TPSA) is 151 Å². The highest BCUT2D eigenvalue weighted by atomic mass is 16.5. The third-order valence-corrected chi connectivity index (χ3v) is 2.95. The van der Waals surface area contributed by atoms with E-state index in [9.17, 15) is 24.3 Å². The summed E-state index contributed by atoms with van der Waals surface area (Å²) in [5.41, 5.74) is 5.65. The summed E-state index contributed by atoms with van der Waals surface area (Å²) in [5.74, 6) is -3.38. The Morgan fingerprint density at radius 2 is 1.79 bits per heavy atom. The van der Waals surface area contributed by atoms with Gasteiger partial charge in [0.2, 0.25) is 11.8 Å². The number of nitrogens with one attached hydrogen (secondary N) is 2. The molecule has 3 amide bonds. The Morgan fingerprint density at radius 1 is 1.17 bits per heavy atom. The Bertz CT molecular complexity index is 604. The van der Waals surface area contributed by atoms with Crippen LogP contribution in [0.2, 0.25) is 0 Å². The second-order valence-corrected chi connectivity index (χ2v) is 4.98. The molecule has 0 heterocycles. The Morgan fingerprint density at radius 3 is 2.33 bits per heavy atom. The van der Waals surface area contributed by atoms with Crippen molar-refractivity contribution in [3.05, 3.63) is 35.9 Å². The smallest absolute Gasteiger partial charge is 0.408 e. The van der Waals surface area contributed by atoms with Crippen molar-refractivity contribution in [1.82, 2.24) is 10.6 Å². The van der Waals surface area contributed by atoms with Gasteiger partial charge in [-0.15, -0.1) is 0 Å². The molecule has 0 aromatic heterocycles. The molecule has 0 saturated carbocycles. The number of hydrogen-bond donors (Lipinski definition) is 3. The highest BCUT2D eigenvalue weighted by Crippen LogP contribution is 2.01. The van der Waals surface area contributed by atoms with E-state index in [-0.39, 0.29) is 6.61 Å². The molecule has 9 heteroatoms. The number of alkyl carbamates (subject to hydrolysis) is 1. The number of aliphatic carboxylic acids is 1. The van der Waals surface area contributed by atoms with Gasteiger partial charge in [-0.05, 0) is 12.5 Å². The van der Waals surface area contributed by atoms with Crippen LogP contribution in [0.1, 0.15) is 18.9 Å². The van der Waals surface area contributed by atoms with Gasteiger partial charge in [0.15, 0.2) is 0 Å². The van der Waals surface area contributed by atoms with Crippen molar-refractivity contribution in [3.8, 4) is 0 Å². The highest BCUT2D eigenvalue weighted by molar-refractivity contribution is 5.90. The highest BCUT2D eigenvalue weighted by Gasteiger charge is 2.21. The van der Waals surface area contributed by atoms with E-state index in [1.807, 2.05) is 6.07 Å². The molecule has 9 nitrogen and oxygen atoms in total. The molecule has 1 rings (SSSR count). The summed E-state index contributed by atoms with van der Waals surface area (Å²) in [6.07, 6.45) is -1.46. The first-order chi connectivity index (χ1) is 11.3. The van der Waals surface area contributed by atoms with E-state index in [2.05, 4.69) is 10.6 Å². The fourth-order valence-electron chi connectivity index (χ4n) is 1.70. The molecule has 1 aromatic carbocycles. The number of primary amides is 1. The summed E-state index contributed by atoms with van der Waals surface area (Å²) in [6, 6.07) is 6.25. The van der Waals surface area contributed by atoms with Gasteiger partial charge in [-0.25, -0.2) is 4.79 Å². The number of benzene rings is 1. The number of carbonyl (C=O) groups is 4. The van der Waals surface area contributed by atoms with Gasteiger partial charge < -0.3 is 31.0 Å². The Labute approximate surface area is 138 Å². The standard InChI is InChI=1S/C15H19N3O6/c1-9(13(20)18-11(14(21)22)7-12(16)19)17-15(23)24-8-10-5-3-2-4-6-10/h2-6,9,11H,7-8H2,1H3,(H2,16,19)(H,17,23)(H,18,20)(H,21,22)/p-1/t9-,11-/m1/s1. The Balaban J connectivity index is 2.45. The first-order valence-electron chi connectivity index (χ1n) is 7.06. The van der Waals surface area contributed by atoms with E-state index in [0.717, 1.165) is 5.56 Å². The molecule has 0 aliphatic carbocycles. The summed E-state index contributed by atoms with van der Waals surface area (Å²) in [7, 11) is 0. The van der Waals surface area contributed by atoms with Gasteiger partial charge >= 0.3 is 6.09 Å². The van der Waals surface area contributed by atoms with Gasteiger partial charge in [0.25, 0.3) is 0 Å². The third kappa shape index (κ3) is 6.77. The van der Waals surface area contributed by atoms with Crippen molar-refractivity contribution in [3.63, 3.8) is 0 Å². The monoisotopic (exact) mass is 336 g/mol. The predicted octanol–water partition coefficient (Wildman–Crippen LogP) is -1.59. The Kier molecular flexibility index (Phi) is 7.21. The fourth-order valence-corrected chi connectivity index (χ4v) is 1.70. The average molecular weight is 336 g/mol. The van der Waals surface area contributed by atoms with Crippen LogP contribution in [-0.2, 0) is 25.7 Å². The third-order valence-electron chi connectivity index (χ3n) is 2.95. The van der Waals surface area contributed by atoms with Crippen LogP contribution < -0.4 is 21.5 Å². The van der Waals surface area contributed by atoms with Crippen LogP contribution in [0, 0.1) is 0 Å². The molecule has 0 radical (unpaired) electrons. The SMILES string of the molecule is C[C@@H](NC(=O)OCc1ccccc1)C(=O)N[C@H](CC(N)=O)C(=O)[O-]. The first kappa shape index (κ1) is 18.9. The molecule has 4 N–H and O–H groups in total. The summed E-state index contributed by atoms with van der Waals surface area (Å²) in [5, 5.41) is 15.1. The Hall–Kier alpha value is -3.10. The minimum atomic E-state index is -1.65. The van der Waals surface area contributed by atoms with E-state index >= 15 is 0 Å². The molecule has 24 heavy (non-hydrogen) atoms. The zero-order valence-electron chi connectivity index (χ0n) is 13.0. The maximum absolute atomic E-state index is 11.8. The molecule has 130 valence electrons. The van der Waals surface area contributed by atoms with Gasteiger partial charge in [-0.2, -0.15) is 0 Å². The van der Waals surface area contributed by atoms with Crippen LogP contribution >= 0.6 is 0 Å². The molecule has 0 bridgehead atoms.